The molecule has 0 aromatic heterocycles. The van der Waals surface area contributed by atoms with Crippen LogP contribution in [0.1, 0.15) is 0 Å². The zero-order valence-electron chi connectivity index (χ0n) is 15.7. The summed E-state index contributed by atoms with van der Waals surface area (Å²) >= 11 is 0. The van der Waals surface area contributed by atoms with Crippen molar-refractivity contribution in [2.75, 3.05) is 23.8 Å². The van der Waals surface area contributed by atoms with Crippen LogP contribution in [0.2, 0.25) is 0 Å². The highest BCUT2D eigenvalue weighted by Gasteiger charge is 2.14. The second-order valence-corrected chi connectivity index (χ2v) is 7.69. The van der Waals surface area contributed by atoms with E-state index in [-0.39, 0.29) is 17.4 Å². The predicted molar refractivity (Wildman–Crippen MR) is 111 cm³/mol. The molecule has 0 heterocycles. The quantitative estimate of drug-likeness (QED) is 0.591. The van der Waals surface area contributed by atoms with Crippen LogP contribution in [0.3, 0.4) is 0 Å². The molecule has 7 nitrogen and oxygen atoms in total. The maximum atomic E-state index is 12.4. The Morgan fingerprint density at radius 2 is 1.45 bits per heavy atom. The van der Waals surface area contributed by atoms with Gasteiger partial charge in [0.1, 0.15) is 11.5 Å². The number of carbonyl (C=O) groups is 1. The lowest BCUT2D eigenvalue weighted by molar-refractivity contribution is -0.118. The maximum Gasteiger partial charge on any atom is 0.262 e. The minimum atomic E-state index is -3.71. The number of para-hydroxylation sites is 1. The SMILES string of the molecule is COc1ccc(OCC(=O)Nc2ccc(S(=O)(=O)Nc3ccccc3)cc2)cc1. The van der Waals surface area contributed by atoms with Crippen LogP contribution in [0.4, 0.5) is 11.4 Å². The summed E-state index contributed by atoms with van der Waals surface area (Å²) in [4.78, 5) is 12.1. The molecule has 1 amide bonds. The minimum absolute atomic E-state index is 0.0915. The van der Waals surface area contributed by atoms with E-state index < -0.39 is 10.0 Å². The van der Waals surface area contributed by atoms with Gasteiger partial charge in [-0.3, -0.25) is 9.52 Å². The molecule has 0 unspecified atom stereocenters. The Hall–Kier alpha value is -3.52. The molecule has 0 fully saturated rings. The maximum absolute atomic E-state index is 12.4. The van der Waals surface area contributed by atoms with Crippen LogP contribution in [0, 0.1) is 0 Å². The number of amides is 1. The monoisotopic (exact) mass is 412 g/mol. The van der Waals surface area contributed by atoms with Gasteiger partial charge in [-0.25, -0.2) is 8.42 Å². The van der Waals surface area contributed by atoms with Gasteiger partial charge in [0.05, 0.1) is 12.0 Å². The molecule has 3 aromatic carbocycles. The zero-order chi connectivity index (χ0) is 20.7. The molecule has 3 aromatic rings. The number of carbonyl (C=O) groups excluding carboxylic acids is 1. The van der Waals surface area contributed by atoms with Crippen molar-refractivity contribution < 1.29 is 22.7 Å². The van der Waals surface area contributed by atoms with Crippen molar-refractivity contribution in [2.45, 2.75) is 4.90 Å². The first kappa shape index (κ1) is 20.2. The molecule has 0 bridgehead atoms. The average Bonchev–Trinajstić information content (AvgIpc) is 2.73. The number of anilines is 2. The van der Waals surface area contributed by atoms with E-state index in [0.29, 0.717) is 22.9 Å². The number of methoxy groups -OCH3 is 1. The minimum Gasteiger partial charge on any atom is -0.497 e. The van der Waals surface area contributed by atoms with Gasteiger partial charge in [-0.2, -0.15) is 0 Å². The van der Waals surface area contributed by atoms with Crippen molar-refractivity contribution in [3.63, 3.8) is 0 Å². The average molecular weight is 412 g/mol. The Labute approximate surface area is 169 Å². The molecular formula is C21H20N2O5S. The molecule has 29 heavy (non-hydrogen) atoms. The number of hydrogen-bond donors (Lipinski definition) is 2. The molecule has 2 N–H and O–H groups in total. The lowest BCUT2D eigenvalue weighted by Gasteiger charge is -2.10. The first-order valence-corrected chi connectivity index (χ1v) is 10.2. The summed E-state index contributed by atoms with van der Waals surface area (Å²) in [6.45, 7) is -0.179. The summed E-state index contributed by atoms with van der Waals surface area (Å²) in [6.07, 6.45) is 0. The first-order valence-electron chi connectivity index (χ1n) is 8.71. The Bertz CT molecular complexity index is 1050. The normalized spacial score (nSPS) is 10.8. The summed E-state index contributed by atoms with van der Waals surface area (Å²) in [7, 11) is -2.14. The molecule has 0 radical (unpaired) electrons. The van der Waals surface area contributed by atoms with Crippen LogP contribution in [-0.4, -0.2) is 28.0 Å². The summed E-state index contributed by atoms with van der Waals surface area (Å²) < 4.78 is 37.8. The van der Waals surface area contributed by atoms with E-state index >= 15 is 0 Å². The van der Waals surface area contributed by atoms with Crippen LogP contribution in [0.25, 0.3) is 0 Å². The molecule has 0 aliphatic heterocycles. The second-order valence-electron chi connectivity index (χ2n) is 6.01. The van der Waals surface area contributed by atoms with E-state index in [0.717, 1.165) is 0 Å². The van der Waals surface area contributed by atoms with Gasteiger partial charge in [0.15, 0.2) is 6.61 Å². The smallest absolute Gasteiger partial charge is 0.262 e. The van der Waals surface area contributed by atoms with Gasteiger partial charge < -0.3 is 14.8 Å². The van der Waals surface area contributed by atoms with Crippen LogP contribution >= 0.6 is 0 Å². The van der Waals surface area contributed by atoms with E-state index in [1.54, 1.807) is 61.7 Å². The highest BCUT2D eigenvalue weighted by Crippen LogP contribution is 2.19. The molecule has 150 valence electrons. The van der Waals surface area contributed by atoms with Gasteiger partial charge in [0, 0.05) is 11.4 Å². The van der Waals surface area contributed by atoms with E-state index in [4.69, 9.17) is 9.47 Å². The predicted octanol–water partition coefficient (Wildman–Crippen LogP) is 3.51. The van der Waals surface area contributed by atoms with E-state index in [1.165, 1.54) is 24.3 Å². The summed E-state index contributed by atoms with van der Waals surface area (Å²) in [6, 6.07) is 21.3. The van der Waals surface area contributed by atoms with Crippen LogP contribution in [-0.2, 0) is 14.8 Å². The molecule has 0 spiro atoms. The third kappa shape index (κ3) is 5.73. The summed E-state index contributed by atoms with van der Waals surface area (Å²) in [5.74, 6) is 0.867. The van der Waals surface area contributed by atoms with Crippen LogP contribution < -0.4 is 19.5 Å². The topological polar surface area (TPSA) is 93.7 Å². The third-order valence-electron chi connectivity index (χ3n) is 3.90. The van der Waals surface area contributed by atoms with Crippen molar-refractivity contribution in [3.8, 4) is 11.5 Å². The number of nitrogens with one attached hydrogen (secondary N) is 2. The van der Waals surface area contributed by atoms with Gasteiger partial charge in [0.25, 0.3) is 15.9 Å². The number of hydrogen-bond acceptors (Lipinski definition) is 5. The Kier molecular flexibility index (Phi) is 6.36. The van der Waals surface area contributed by atoms with Gasteiger partial charge in [-0.1, -0.05) is 18.2 Å². The fraction of sp³-hybridized carbons (Fsp3) is 0.0952. The Morgan fingerprint density at radius 1 is 0.828 bits per heavy atom. The number of ether oxygens (including phenoxy) is 2. The number of rotatable bonds is 8. The van der Waals surface area contributed by atoms with Gasteiger partial charge in [-0.15, -0.1) is 0 Å². The highest BCUT2D eigenvalue weighted by molar-refractivity contribution is 7.92. The van der Waals surface area contributed by atoms with Crippen molar-refractivity contribution >= 4 is 27.3 Å². The van der Waals surface area contributed by atoms with Crippen molar-refractivity contribution in [1.29, 1.82) is 0 Å². The van der Waals surface area contributed by atoms with Crippen LogP contribution in [0.5, 0.6) is 11.5 Å². The zero-order valence-corrected chi connectivity index (χ0v) is 16.5. The van der Waals surface area contributed by atoms with Crippen LogP contribution in [0.15, 0.2) is 83.8 Å². The van der Waals surface area contributed by atoms with Crippen molar-refractivity contribution in [3.05, 3.63) is 78.9 Å². The van der Waals surface area contributed by atoms with E-state index in [9.17, 15) is 13.2 Å². The van der Waals surface area contributed by atoms with Crippen molar-refractivity contribution in [2.24, 2.45) is 0 Å². The molecule has 0 atom stereocenters. The molecular weight excluding hydrogens is 392 g/mol. The van der Waals surface area contributed by atoms with Gasteiger partial charge in [-0.05, 0) is 60.7 Å². The fourth-order valence-corrected chi connectivity index (χ4v) is 3.51. The molecule has 0 aliphatic carbocycles. The second kappa shape index (κ2) is 9.11. The Balaban J connectivity index is 1.56. The Morgan fingerprint density at radius 3 is 2.07 bits per heavy atom. The largest absolute Gasteiger partial charge is 0.497 e. The van der Waals surface area contributed by atoms with E-state index in [1.807, 2.05) is 0 Å². The summed E-state index contributed by atoms with van der Waals surface area (Å²) in [5.41, 5.74) is 0.938. The van der Waals surface area contributed by atoms with Gasteiger partial charge in [0.2, 0.25) is 0 Å². The first-order chi connectivity index (χ1) is 14.0. The molecule has 0 saturated carbocycles. The molecule has 0 saturated heterocycles. The number of benzene rings is 3. The fourth-order valence-electron chi connectivity index (χ4n) is 2.46. The lowest BCUT2D eigenvalue weighted by Crippen LogP contribution is -2.20. The standard InChI is InChI=1S/C21H20N2O5S/c1-27-18-9-11-19(12-10-18)28-15-21(24)22-16-7-13-20(14-8-16)29(25,26)23-17-5-3-2-4-6-17/h2-14,23H,15H2,1H3,(H,22,24). The number of sulfonamides is 1. The van der Waals surface area contributed by atoms with Crippen molar-refractivity contribution in [1.82, 2.24) is 0 Å². The highest BCUT2D eigenvalue weighted by atomic mass is 32.2. The third-order valence-corrected chi connectivity index (χ3v) is 5.30. The molecule has 3 rings (SSSR count). The lowest BCUT2D eigenvalue weighted by atomic mass is 10.3. The van der Waals surface area contributed by atoms with Gasteiger partial charge >= 0.3 is 0 Å². The molecule has 0 aliphatic rings. The summed E-state index contributed by atoms with van der Waals surface area (Å²) in [5, 5.41) is 2.66. The molecule has 8 heteroatoms. The van der Waals surface area contributed by atoms with E-state index in [2.05, 4.69) is 10.0 Å².